The number of hydrogen-bond acceptors (Lipinski definition) is 4. The van der Waals surface area contributed by atoms with Gasteiger partial charge in [-0.2, -0.15) is 4.31 Å². The Morgan fingerprint density at radius 2 is 2.00 bits per heavy atom. The molecular formula is C13H19ClN2O3S. The van der Waals surface area contributed by atoms with E-state index >= 15 is 0 Å². The molecule has 0 radical (unpaired) electrons. The van der Waals surface area contributed by atoms with E-state index in [1.807, 2.05) is 0 Å². The fraction of sp³-hybridized carbons (Fsp3) is 0.538. The molecule has 1 aliphatic heterocycles. The van der Waals surface area contributed by atoms with Gasteiger partial charge < -0.3 is 10.1 Å². The van der Waals surface area contributed by atoms with Crippen molar-refractivity contribution < 1.29 is 13.2 Å². The highest BCUT2D eigenvalue weighted by atomic mass is 35.5. The second-order valence-electron chi connectivity index (χ2n) is 4.74. The Labute approximate surface area is 124 Å². The van der Waals surface area contributed by atoms with E-state index in [1.165, 1.54) is 17.5 Å². The second-order valence-corrected chi connectivity index (χ2v) is 7.08. The minimum atomic E-state index is -3.55. The highest BCUT2D eigenvalue weighted by Gasteiger charge is 2.31. The summed E-state index contributed by atoms with van der Waals surface area (Å²) in [4.78, 5) is 0.152. The van der Waals surface area contributed by atoms with Gasteiger partial charge in [0.05, 0.1) is 7.11 Å². The van der Waals surface area contributed by atoms with Gasteiger partial charge in [-0.05, 0) is 32.0 Å². The molecule has 1 N–H and O–H groups in total. The Morgan fingerprint density at radius 3 is 2.55 bits per heavy atom. The van der Waals surface area contributed by atoms with Crippen molar-refractivity contribution in [1.82, 2.24) is 9.62 Å². The number of sulfonamides is 1. The first-order chi connectivity index (χ1) is 9.50. The summed E-state index contributed by atoms with van der Waals surface area (Å²) in [5.74, 6) is 0.371. The Kier molecular flexibility index (Phi) is 4.90. The van der Waals surface area contributed by atoms with Gasteiger partial charge in [0.25, 0.3) is 0 Å². The highest BCUT2D eigenvalue weighted by molar-refractivity contribution is 7.89. The van der Waals surface area contributed by atoms with Crippen molar-refractivity contribution in [3.63, 3.8) is 0 Å². The number of nitrogens with zero attached hydrogens (tertiary/aromatic N) is 1. The summed E-state index contributed by atoms with van der Waals surface area (Å²) in [7, 11) is -0.284. The van der Waals surface area contributed by atoms with Crippen molar-refractivity contribution >= 4 is 21.6 Å². The molecule has 1 fully saturated rings. The van der Waals surface area contributed by atoms with Crippen LogP contribution in [0.2, 0.25) is 5.02 Å². The van der Waals surface area contributed by atoms with Crippen molar-refractivity contribution in [2.45, 2.75) is 24.3 Å². The van der Waals surface area contributed by atoms with Crippen LogP contribution in [0.4, 0.5) is 0 Å². The molecule has 7 heteroatoms. The van der Waals surface area contributed by atoms with E-state index in [1.54, 1.807) is 13.1 Å². The van der Waals surface area contributed by atoms with Gasteiger partial charge >= 0.3 is 0 Å². The Hall–Kier alpha value is -0.820. The molecule has 1 saturated heterocycles. The van der Waals surface area contributed by atoms with Gasteiger partial charge in [-0.25, -0.2) is 8.42 Å². The van der Waals surface area contributed by atoms with Crippen LogP contribution in [0.25, 0.3) is 0 Å². The first-order valence-electron chi connectivity index (χ1n) is 6.52. The van der Waals surface area contributed by atoms with Gasteiger partial charge in [-0.15, -0.1) is 0 Å². The first kappa shape index (κ1) is 15.6. The van der Waals surface area contributed by atoms with Gasteiger partial charge in [-0.3, -0.25) is 0 Å². The van der Waals surface area contributed by atoms with E-state index in [0.717, 1.165) is 18.4 Å². The SMILES string of the molecule is CNCc1cc(Cl)cc(S(=O)(=O)N2CCCC2)c1OC. The van der Waals surface area contributed by atoms with Gasteiger partial charge in [0.15, 0.2) is 0 Å². The van der Waals surface area contributed by atoms with Crippen LogP contribution in [0.1, 0.15) is 18.4 Å². The molecule has 1 aliphatic rings. The number of hydrogen-bond donors (Lipinski definition) is 1. The maximum Gasteiger partial charge on any atom is 0.246 e. The molecule has 20 heavy (non-hydrogen) atoms. The minimum Gasteiger partial charge on any atom is -0.495 e. The zero-order valence-corrected chi connectivity index (χ0v) is 13.2. The largest absolute Gasteiger partial charge is 0.495 e. The molecule has 0 aromatic heterocycles. The van der Waals surface area contributed by atoms with E-state index in [4.69, 9.17) is 16.3 Å². The standard InChI is InChI=1S/C13H19ClN2O3S/c1-15-9-10-7-11(14)8-12(13(10)19-2)20(17,18)16-5-3-4-6-16/h7-8,15H,3-6,9H2,1-2H3. The van der Waals surface area contributed by atoms with Crippen LogP contribution in [-0.4, -0.2) is 40.0 Å². The summed E-state index contributed by atoms with van der Waals surface area (Å²) >= 11 is 6.06. The van der Waals surface area contributed by atoms with Crippen molar-refractivity contribution in [2.75, 3.05) is 27.2 Å². The average molecular weight is 319 g/mol. The van der Waals surface area contributed by atoms with Crippen molar-refractivity contribution in [2.24, 2.45) is 0 Å². The smallest absolute Gasteiger partial charge is 0.246 e. The lowest BCUT2D eigenvalue weighted by atomic mass is 10.2. The summed E-state index contributed by atoms with van der Waals surface area (Å²) in [6.07, 6.45) is 1.79. The van der Waals surface area contributed by atoms with E-state index in [9.17, 15) is 8.42 Å². The van der Waals surface area contributed by atoms with Crippen LogP contribution in [0.5, 0.6) is 5.75 Å². The number of benzene rings is 1. The van der Waals surface area contributed by atoms with Crippen LogP contribution in [0.15, 0.2) is 17.0 Å². The number of methoxy groups -OCH3 is 1. The van der Waals surface area contributed by atoms with Crippen molar-refractivity contribution in [3.8, 4) is 5.75 Å². The zero-order valence-electron chi connectivity index (χ0n) is 11.6. The third-order valence-electron chi connectivity index (χ3n) is 3.35. The highest BCUT2D eigenvalue weighted by Crippen LogP contribution is 2.34. The molecule has 1 heterocycles. The Balaban J connectivity index is 2.54. The summed E-state index contributed by atoms with van der Waals surface area (Å²) in [5, 5.41) is 3.38. The number of ether oxygens (including phenoxy) is 1. The summed E-state index contributed by atoms with van der Waals surface area (Å²) in [6, 6.07) is 3.19. The molecule has 0 spiro atoms. The van der Waals surface area contributed by atoms with Gasteiger partial charge in [0.1, 0.15) is 10.6 Å². The lowest BCUT2D eigenvalue weighted by Gasteiger charge is -2.19. The van der Waals surface area contributed by atoms with Crippen LogP contribution in [0, 0.1) is 0 Å². The Bertz CT molecular complexity index is 584. The summed E-state index contributed by atoms with van der Waals surface area (Å²) in [6.45, 7) is 1.60. The number of rotatable bonds is 5. The molecule has 1 aromatic carbocycles. The average Bonchev–Trinajstić information content (AvgIpc) is 2.93. The zero-order chi connectivity index (χ0) is 14.8. The van der Waals surface area contributed by atoms with Crippen LogP contribution >= 0.6 is 11.6 Å². The third kappa shape index (κ3) is 2.93. The van der Waals surface area contributed by atoms with Gasteiger partial charge in [-0.1, -0.05) is 11.6 Å². The Morgan fingerprint density at radius 1 is 1.35 bits per heavy atom. The second kappa shape index (κ2) is 6.30. The molecule has 1 aromatic rings. The molecule has 0 bridgehead atoms. The lowest BCUT2D eigenvalue weighted by molar-refractivity contribution is 0.392. The maximum absolute atomic E-state index is 12.7. The van der Waals surface area contributed by atoms with Crippen LogP contribution in [-0.2, 0) is 16.6 Å². The minimum absolute atomic E-state index is 0.152. The van der Waals surface area contributed by atoms with Gasteiger partial charge in [0, 0.05) is 30.2 Å². The van der Waals surface area contributed by atoms with E-state index in [0.29, 0.717) is 30.4 Å². The molecule has 0 aliphatic carbocycles. The van der Waals surface area contributed by atoms with E-state index in [-0.39, 0.29) is 4.90 Å². The first-order valence-corrected chi connectivity index (χ1v) is 8.33. The fourth-order valence-corrected chi connectivity index (χ4v) is 4.48. The predicted octanol–water partition coefficient (Wildman–Crippen LogP) is 1.85. The summed E-state index contributed by atoms with van der Waals surface area (Å²) in [5.41, 5.74) is 0.736. The van der Waals surface area contributed by atoms with E-state index < -0.39 is 10.0 Å². The third-order valence-corrected chi connectivity index (χ3v) is 5.47. The summed E-state index contributed by atoms with van der Waals surface area (Å²) < 4.78 is 32.2. The molecule has 0 unspecified atom stereocenters. The molecule has 0 saturated carbocycles. The molecule has 0 atom stereocenters. The van der Waals surface area contributed by atoms with Crippen LogP contribution < -0.4 is 10.1 Å². The van der Waals surface area contributed by atoms with Crippen LogP contribution in [0.3, 0.4) is 0 Å². The quantitative estimate of drug-likeness (QED) is 0.900. The molecular weight excluding hydrogens is 300 g/mol. The topological polar surface area (TPSA) is 58.6 Å². The molecule has 0 amide bonds. The van der Waals surface area contributed by atoms with Crippen molar-refractivity contribution in [1.29, 1.82) is 0 Å². The lowest BCUT2D eigenvalue weighted by Crippen LogP contribution is -2.28. The predicted molar refractivity (Wildman–Crippen MR) is 78.8 cm³/mol. The number of halogens is 1. The molecule has 5 nitrogen and oxygen atoms in total. The molecule has 112 valence electrons. The number of nitrogens with one attached hydrogen (secondary N) is 1. The normalized spacial score (nSPS) is 16.6. The van der Waals surface area contributed by atoms with E-state index in [2.05, 4.69) is 5.32 Å². The van der Waals surface area contributed by atoms with Gasteiger partial charge in [0.2, 0.25) is 10.0 Å². The molecule has 2 rings (SSSR count). The monoisotopic (exact) mass is 318 g/mol. The van der Waals surface area contributed by atoms with Crippen molar-refractivity contribution in [3.05, 3.63) is 22.7 Å². The maximum atomic E-state index is 12.7. The fourth-order valence-electron chi connectivity index (χ4n) is 2.44.